The molecule has 17 heavy (non-hydrogen) atoms. The number of nitrogen functional groups attached to an aromatic ring is 1. The summed E-state index contributed by atoms with van der Waals surface area (Å²) >= 11 is 5.79. The third-order valence-corrected chi connectivity index (χ3v) is 2.61. The molecule has 0 saturated heterocycles. The van der Waals surface area contributed by atoms with Gasteiger partial charge in [0.2, 0.25) is 0 Å². The Balaban J connectivity index is 2.71. The number of aromatic hydroxyl groups is 1. The first-order chi connectivity index (χ1) is 8.04. The number of nitrogens with one attached hydrogen (secondary N) is 1. The van der Waals surface area contributed by atoms with Gasteiger partial charge >= 0.3 is 0 Å². The van der Waals surface area contributed by atoms with Gasteiger partial charge in [0.1, 0.15) is 11.6 Å². The minimum absolute atomic E-state index is 0.0185. The predicted molar refractivity (Wildman–Crippen MR) is 61.6 cm³/mol. The molecule has 0 radical (unpaired) electrons. The van der Waals surface area contributed by atoms with Crippen molar-refractivity contribution in [2.24, 2.45) is 0 Å². The van der Waals surface area contributed by atoms with Crippen molar-refractivity contribution in [2.75, 3.05) is 12.8 Å². The predicted octanol–water partition coefficient (Wildman–Crippen LogP) is 2.17. The number of phenolic OH excluding ortho intramolecular Hbond substituents is 1. The Morgan fingerprint density at radius 1 is 1.53 bits per heavy atom. The average Bonchev–Trinajstić information content (AvgIpc) is 2.70. The molecule has 0 aliphatic rings. The maximum absolute atomic E-state index is 13.5. The lowest BCUT2D eigenvalue weighted by Gasteiger charge is -2.10. The molecule has 7 heteroatoms. The molecule has 0 aliphatic carbocycles. The number of anilines is 1. The fraction of sp³-hybridized carbons (Fsp3) is 0.100. The Bertz CT molecular complexity index is 571. The normalized spacial score (nSPS) is 10.5. The van der Waals surface area contributed by atoms with E-state index < -0.39 is 5.82 Å². The quantitative estimate of drug-likeness (QED) is 0.770. The van der Waals surface area contributed by atoms with Crippen LogP contribution in [-0.4, -0.2) is 22.4 Å². The van der Waals surface area contributed by atoms with E-state index >= 15 is 0 Å². The van der Waals surface area contributed by atoms with Crippen LogP contribution in [0.4, 0.5) is 10.2 Å². The minimum Gasteiger partial charge on any atom is -0.504 e. The second kappa shape index (κ2) is 4.14. The number of aromatic nitrogens is 2. The molecule has 0 atom stereocenters. The van der Waals surface area contributed by atoms with Crippen LogP contribution in [0, 0.1) is 5.82 Å². The van der Waals surface area contributed by atoms with Crippen molar-refractivity contribution in [1.29, 1.82) is 0 Å². The first-order valence-corrected chi connectivity index (χ1v) is 4.98. The van der Waals surface area contributed by atoms with Crippen molar-refractivity contribution in [3.63, 3.8) is 0 Å². The summed E-state index contributed by atoms with van der Waals surface area (Å²) in [5.41, 5.74) is 5.80. The van der Waals surface area contributed by atoms with Crippen LogP contribution >= 0.6 is 11.6 Å². The Morgan fingerprint density at radius 3 is 2.76 bits per heavy atom. The molecule has 0 saturated carbocycles. The fourth-order valence-corrected chi connectivity index (χ4v) is 1.71. The molecule has 5 nitrogen and oxygen atoms in total. The maximum Gasteiger partial charge on any atom is 0.168 e. The Labute approximate surface area is 101 Å². The number of nitrogens with two attached hydrogens (primary N) is 1. The van der Waals surface area contributed by atoms with Gasteiger partial charge in [-0.2, -0.15) is 5.10 Å². The minimum atomic E-state index is -0.704. The molecule has 1 aromatic carbocycles. The summed E-state index contributed by atoms with van der Waals surface area (Å²) < 4.78 is 18.3. The first-order valence-electron chi connectivity index (χ1n) is 4.60. The lowest BCUT2D eigenvalue weighted by molar-refractivity contribution is 0.371. The van der Waals surface area contributed by atoms with Gasteiger partial charge in [-0.15, -0.1) is 0 Å². The number of hydrogen-bond acceptors (Lipinski definition) is 4. The van der Waals surface area contributed by atoms with E-state index in [1.165, 1.54) is 13.2 Å². The smallest absolute Gasteiger partial charge is 0.168 e. The molecule has 1 aromatic heterocycles. The Hall–Kier alpha value is -1.95. The van der Waals surface area contributed by atoms with Crippen LogP contribution in [0.2, 0.25) is 5.02 Å². The van der Waals surface area contributed by atoms with Crippen molar-refractivity contribution in [1.82, 2.24) is 10.2 Å². The van der Waals surface area contributed by atoms with Gasteiger partial charge in [-0.05, 0) is 0 Å². The summed E-state index contributed by atoms with van der Waals surface area (Å²) in [5, 5.41) is 15.9. The highest BCUT2D eigenvalue weighted by Gasteiger charge is 2.20. The molecule has 0 aliphatic heterocycles. The number of ether oxygens (including phenoxy) is 1. The number of benzene rings is 1. The summed E-state index contributed by atoms with van der Waals surface area (Å²) in [6.45, 7) is 0. The molecule has 0 fully saturated rings. The van der Waals surface area contributed by atoms with Crippen LogP contribution in [0.5, 0.6) is 11.5 Å². The number of rotatable bonds is 2. The third-order valence-electron chi connectivity index (χ3n) is 2.24. The van der Waals surface area contributed by atoms with Crippen LogP contribution < -0.4 is 10.5 Å². The van der Waals surface area contributed by atoms with Crippen LogP contribution in [0.15, 0.2) is 12.1 Å². The van der Waals surface area contributed by atoms with Gasteiger partial charge in [-0.1, -0.05) is 11.6 Å². The van der Waals surface area contributed by atoms with Gasteiger partial charge in [0.15, 0.2) is 11.5 Å². The molecule has 90 valence electrons. The van der Waals surface area contributed by atoms with E-state index in [-0.39, 0.29) is 27.9 Å². The van der Waals surface area contributed by atoms with E-state index in [2.05, 4.69) is 10.2 Å². The van der Waals surface area contributed by atoms with Gasteiger partial charge in [0, 0.05) is 12.1 Å². The summed E-state index contributed by atoms with van der Waals surface area (Å²) in [4.78, 5) is 0. The van der Waals surface area contributed by atoms with E-state index in [0.29, 0.717) is 5.69 Å². The van der Waals surface area contributed by atoms with Crippen molar-refractivity contribution < 1.29 is 14.2 Å². The number of phenols is 1. The highest BCUT2D eigenvalue weighted by molar-refractivity contribution is 6.33. The summed E-state index contributed by atoms with van der Waals surface area (Å²) in [6, 6.07) is 2.43. The molecule has 0 bridgehead atoms. The van der Waals surface area contributed by atoms with Crippen LogP contribution in [0.3, 0.4) is 0 Å². The third kappa shape index (κ3) is 1.87. The van der Waals surface area contributed by atoms with Crippen LogP contribution in [0.1, 0.15) is 0 Å². The molecule has 2 rings (SSSR count). The first kappa shape index (κ1) is 11.5. The highest BCUT2D eigenvalue weighted by atomic mass is 35.5. The number of nitrogens with zero attached hydrogens (tertiary/aromatic N) is 1. The molecule has 0 spiro atoms. The summed E-state index contributed by atoms with van der Waals surface area (Å²) in [5.74, 6) is -0.791. The zero-order chi connectivity index (χ0) is 12.6. The molecule has 2 aromatic rings. The Kier molecular flexibility index (Phi) is 2.81. The van der Waals surface area contributed by atoms with Gasteiger partial charge in [-0.25, -0.2) is 4.39 Å². The molecule has 1 heterocycles. The molecular weight excluding hydrogens is 249 g/mol. The van der Waals surface area contributed by atoms with Gasteiger partial charge in [0.05, 0.1) is 23.4 Å². The molecule has 0 unspecified atom stereocenters. The lowest BCUT2D eigenvalue weighted by Crippen LogP contribution is -1.91. The van der Waals surface area contributed by atoms with Crippen molar-refractivity contribution in [2.45, 2.75) is 0 Å². The number of H-pyrrole nitrogens is 1. The standard InChI is InChI=1S/C10H9ClFN3O2/c1-17-6-2-4(12)9(11)8(10(6)16)5-3-7(13)15-14-5/h2-3,16H,1H3,(H3,13,14,15). The number of aromatic amines is 1. The van der Waals surface area contributed by atoms with Crippen LogP contribution in [0.25, 0.3) is 11.3 Å². The van der Waals surface area contributed by atoms with Gasteiger partial charge < -0.3 is 15.6 Å². The van der Waals surface area contributed by atoms with E-state index in [9.17, 15) is 9.50 Å². The second-order valence-corrected chi connectivity index (χ2v) is 3.68. The average molecular weight is 258 g/mol. The zero-order valence-corrected chi connectivity index (χ0v) is 9.55. The topological polar surface area (TPSA) is 84.2 Å². The second-order valence-electron chi connectivity index (χ2n) is 3.30. The van der Waals surface area contributed by atoms with Crippen molar-refractivity contribution in [3.8, 4) is 22.8 Å². The van der Waals surface area contributed by atoms with Crippen molar-refractivity contribution >= 4 is 17.4 Å². The fourth-order valence-electron chi connectivity index (χ4n) is 1.46. The molecular formula is C10H9ClFN3O2. The van der Waals surface area contributed by atoms with E-state index in [1.54, 1.807) is 0 Å². The van der Waals surface area contributed by atoms with Crippen molar-refractivity contribution in [3.05, 3.63) is 23.0 Å². The van der Waals surface area contributed by atoms with Gasteiger partial charge in [-0.3, -0.25) is 5.10 Å². The monoisotopic (exact) mass is 257 g/mol. The number of methoxy groups -OCH3 is 1. The molecule has 0 amide bonds. The number of hydrogen-bond donors (Lipinski definition) is 3. The zero-order valence-electron chi connectivity index (χ0n) is 8.79. The lowest BCUT2D eigenvalue weighted by atomic mass is 10.1. The highest BCUT2D eigenvalue weighted by Crippen LogP contribution is 2.43. The van der Waals surface area contributed by atoms with E-state index in [4.69, 9.17) is 22.1 Å². The van der Waals surface area contributed by atoms with Crippen LogP contribution in [-0.2, 0) is 0 Å². The Morgan fingerprint density at radius 2 is 2.24 bits per heavy atom. The number of halogens is 2. The largest absolute Gasteiger partial charge is 0.504 e. The molecule has 4 N–H and O–H groups in total. The van der Waals surface area contributed by atoms with Gasteiger partial charge in [0.25, 0.3) is 0 Å². The maximum atomic E-state index is 13.5. The summed E-state index contributed by atoms with van der Waals surface area (Å²) in [7, 11) is 1.31. The SMILES string of the molecule is COc1cc(F)c(Cl)c(-c2cc(N)n[nH]2)c1O. The van der Waals surface area contributed by atoms with E-state index in [1.807, 2.05) is 0 Å². The van der Waals surface area contributed by atoms with E-state index in [0.717, 1.165) is 6.07 Å². The summed E-state index contributed by atoms with van der Waals surface area (Å²) in [6.07, 6.45) is 0.